The molecule has 0 spiro atoms. The summed E-state index contributed by atoms with van der Waals surface area (Å²) < 4.78 is 65.7. The predicted octanol–water partition coefficient (Wildman–Crippen LogP) is 4.02. The van der Waals surface area contributed by atoms with Gasteiger partial charge in [-0.2, -0.15) is 0 Å². The van der Waals surface area contributed by atoms with Crippen LogP contribution < -0.4 is 0 Å². The van der Waals surface area contributed by atoms with Crippen LogP contribution in [0.15, 0.2) is 92.6 Å². The molecule has 0 saturated carbocycles. The summed E-state index contributed by atoms with van der Waals surface area (Å²) in [6.07, 6.45) is 1.79. The zero-order chi connectivity index (χ0) is 25.1. The fourth-order valence-electron chi connectivity index (χ4n) is 4.55. The molecule has 0 aromatic heterocycles. The van der Waals surface area contributed by atoms with E-state index in [9.17, 15) is 21.6 Å². The van der Waals surface area contributed by atoms with Gasteiger partial charge >= 0.3 is 5.97 Å². The highest BCUT2D eigenvalue weighted by atomic mass is 32.2. The van der Waals surface area contributed by atoms with E-state index in [0.29, 0.717) is 30.4 Å². The third kappa shape index (κ3) is 5.12. The minimum atomic E-state index is -3.94. The van der Waals surface area contributed by atoms with E-state index in [1.54, 1.807) is 49.4 Å². The van der Waals surface area contributed by atoms with Crippen LogP contribution in [0.4, 0.5) is 0 Å². The molecule has 2 atom stereocenters. The minimum Gasteiger partial charge on any atom is -0.464 e. The summed E-state index contributed by atoms with van der Waals surface area (Å²) >= 11 is 0. The average molecular weight is 517 g/mol. The van der Waals surface area contributed by atoms with E-state index in [-0.39, 0.29) is 34.3 Å². The number of rotatable bonds is 6. The molecule has 0 N–H and O–H groups in total. The van der Waals surface area contributed by atoms with Gasteiger partial charge in [-0.15, -0.1) is 0 Å². The van der Waals surface area contributed by atoms with Crippen molar-refractivity contribution in [2.75, 3.05) is 13.2 Å². The topological polar surface area (TPSA) is 104 Å². The summed E-state index contributed by atoms with van der Waals surface area (Å²) in [6, 6.07) is 16.2. The monoisotopic (exact) mass is 516 g/mol. The first-order valence-corrected chi connectivity index (χ1v) is 14.6. The molecule has 186 valence electrons. The van der Waals surface area contributed by atoms with E-state index in [1.165, 1.54) is 24.3 Å². The maximum absolute atomic E-state index is 13.8. The molecule has 0 radical (unpaired) electrons. The Labute approximate surface area is 206 Å². The lowest BCUT2D eigenvalue weighted by atomic mass is 9.91. The Bertz CT molecular complexity index is 1340. The number of carbonyl (C=O) groups is 1. The van der Waals surface area contributed by atoms with Gasteiger partial charge < -0.3 is 9.47 Å². The lowest BCUT2D eigenvalue weighted by molar-refractivity contribution is -0.156. The summed E-state index contributed by atoms with van der Waals surface area (Å²) in [5.41, 5.74) is 0.724. The number of sulfone groups is 2. The van der Waals surface area contributed by atoms with E-state index in [0.717, 1.165) is 0 Å². The number of allylic oxidation sites excluding steroid dienone is 1. The van der Waals surface area contributed by atoms with Crippen LogP contribution in [0.5, 0.6) is 0 Å². The van der Waals surface area contributed by atoms with Gasteiger partial charge in [0.1, 0.15) is 0 Å². The molecule has 4 rings (SSSR count). The smallest absolute Gasteiger partial charge is 0.335 e. The normalized spacial score (nSPS) is 22.8. The molecule has 0 fully saturated rings. The van der Waals surface area contributed by atoms with Crippen LogP contribution in [0.2, 0.25) is 0 Å². The molecule has 0 unspecified atom stereocenters. The largest absolute Gasteiger partial charge is 0.464 e. The summed E-state index contributed by atoms with van der Waals surface area (Å²) in [6.45, 7) is 1.64. The number of hydrogen-bond acceptors (Lipinski definition) is 7. The van der Waals surface area contributed by atoms with Gasteiger partial charge in [-0.25, -0.2) is 21.6 Å². The minimum absolute atomic E-state index is 0.0491. The second-order valence-corrected chi connectivity index (χ2v) is 12.5. The number of hydrogen-bond donors (Lipinski definition) is 0. The number of esters is 1. The van der Waals surface area contributed by atoms with Crippen molar-refractivity contribution in [1.29, 1.82) is 0 Å². The Kier molecular flexibility index (Phi) is 7.59. The molecule has 1 aliphatic heterocycles. The van der Waals surface area contributed by atoms with Crippen molar-refractivity contribution in [1.82, 2.24) is 0 Å². The summed E-state index contributed by atoms with van der Waals surface area (Å²) in [5, 5.41) is -0.976. The third-order valence-corrected chi connectivity index (χ3v) is 10.3. The second-order valence-electron chi connectivity index (χ2n) is 8.42. The number of benzene rings is 2. The summed E-state index contributed by atoms with van der Waals surface area (Å²) in [5.74, 6) is -0.589. The van der Waals surface area contributed by atoms with Gasteiger partial charge in [0.05, 0.1) is 33.2 Å². The highest BCUT2D eigenvalue weighted by molar-refractivity contribution is 7.95. The fraction of sp³-hybridized carbons (Fsp3) is 0.346. The Morgan fingerprint density at radius 1 is 0.971 bits per heavy atom. The van der Waals surface area contributed by atoms with Crippen LogP contribution >= 0.6 is 0 Å². The molecule has 0 bridgehead atoms. The third-order valence-electron chi connectivity index (χ3n) is 6.25. The van der Waals surface area contributed by atoms with Crippen LogP contribution in [0.25, 0.3) is 0 Å². The van der Waals surface area contributed by atoms with Gasteiger partial charge in [0.2, 0.25) is 9.84 Å². The van der Waals surface area contributed by atoms with Crippen LogP contribution in [-0.4, -0.2) is 47.4 Å². The molecule has 7 nitrogen and oxygen atoms in total. The Morgan fingerprint density at radius 3 is 2.23 bits per heavy atom. The second kappa shape index (κ2) is 10.5. The van der Waals surface area contributed by atoms with Crippen LogP contribution in [0.1, 0.15) is 32.6 Å². The van der Waals surface area contributed by atoms with Gasteiger partial charge in [-0.3, -0.25) is 0 Å². The molecule has 1 aliphatic carbocycles. The first kappa shape index (κ1) is 25.3. The van der Waals surface area contributed by atoms with Gasteiger partial charge in [0.15, 0.2) is 15.9 Å². The van der Waals surface area contributed by atoms with Crippen molar-refractivity contribution in [3.05, 3.63) is 82.8 Å². The SMILES string of the molecule is CCOC(=O)[C@H]1CC2=C(CO1)/C(S(=O)(=O)c1ccccc1)=C\CCC[C@@H]2S(=O)(=O)c1ccccc1. The molecule has 9 heteroatoms. The van der Waals surface area contributed by atoms with Crippen molar-refractivity contribution in [3.63, 3.8) is 0 Å². The molecule has 2 aromatic carbocycles. The van der Waals surface area contributed by atoms with Crippen molar-refractivity contribution < 1.29 is 31.1 Å². The van der Waals surface area contributed by atoms with Crippen molar-refractivity contribution >= 4 is 25.6 Å². The zero-order valence-electron chi connectivity index (χ0n) is 19.4. The van der Waals surface area contributed by atoms with Crippen molar-refractivity contribution in [2.24, 2.45) is 0 Å². The van der Waals surface area contributed by atoms with E-state index in [1.807, 2.05) is 0 Å². The van der Waals surface area contributed by atoms with Crippen molar-refractivity contribution in [2.45, 2.75) is 53.8 Å². The van der Waals surface area contributed by atoms with E-state index in [4.69, 9.17) is 9.47 Å². The van der Waals surface area contributed by atoms with Crippen molar-refractivity contribution in [3.8, 4) is 0 Å². The highest BCUT2D eigenvalue weighted by Gasteiger charge is 2.41. The van der Waals surface area contributed by atoms with Gasteiger partial charge in [0.25, 0.3) is 0 Å². The van der Waals surface area contributed by atoms with Gasteiger partial charge in [0, 0.05) is 6.42 Å². The Morgan fingerprint density at radius 2 is 1.60 bits per heavy atom. The molecular formula is C26H28O7S2. The van der Waals surface area contributed by atoms with Gasteiger partial charge in [-0.05, 0) is 61.6 Å². The molecule has 0 saturated heterocycles. The lowest BCUT2D eigenvalue weighted by Gasteiger charge is -2.33. The maximum atomic E-state index is 13.8. The number of ether oxygens (including phenoxy) is 2. The van der Waals surface area contributed by atoms with E-state index < -0.39 is 37.0 Å². The molecule has 35 heavy (non-hydrogen) atoms. The average Bonchev–Trinajstić information content (AvgIpc) is 2.85. The Balaban J connectivity index is 1.88. The molecule has 1 heterocycles. The van der Waals surface area contributed by atoms with Crippen LogP contribution in [-0.2, 0) is 33.9 Å². The first-order valence-electron chi connectivity index (χ1n) is 11.6. The fourth-order valence-corrected chi connectivity index (χ4v) is 8.13. The molecule has 2 aliphatic rings. The van der Waals surface area contributed by atoms with Crippen LogP contribution in [0.3, 0.4) is 0 Å². The predicted molar refractivity (Wildman–Crippen MR) is 131 cm³/mol. The highest BCUT2D eigenvalue weighted by Crippen LogP contribution is 2.40. The lowest BCUT2D eigenvalue weighted by Crippen LogP contribution is -2.38. The Hall–Kier alpha value is -2.75. The number of carbonyl (C=O) groups excluding carboxylic acids is 1. The molecule has 2 aromatic rings. The molecule has 0 amide bonds. The maximum Gasteiger partial charge on any atom is 0.335 e. The van der Waals surface area contributed by atoms with E-state index >= 15 is 0 Å². The quantitative estimate of drug-likeness (QED) is 0.534. The van der Waals surface area contributed by atoms with E-state index in [2.05, 4.69) is 0 Å². The van der Waals surface area contributed by atoms with Crippen LogP contribution in [0, 0.1) is 0 Å². The zero-order valence-corrected chi connectivity index (χ0v) is 21.1. The van der Waals surface area contributed by atoms with Gasteiger partial charge in [-0.1, -0.05) is 42.5 Å². The first-order chi connectivity index (χ1) is 16.8. The summed E-state index contributed by atoms with van der Waals surface area (Å²) in [4.78, 5) is 12.8. The molecular weight excluding hydrogens is 488 g/mol. The summed E-state index contributed by atoms with van der Waals surface area (Å²) in [7, 11) is -7.80. The standard InChI is InChI=1S/C26H28O7S2/c1-2-32-26(27)23-17-21-22(18-33-23)25(35(30,31)20-13-7-4-8-14-20)16-10-9-15-24(21)34(28,29)19-11-5-3-6-12-19/h3-8,11-14,16,23-24H,2,9-10,15,17-18H2,1H3/b25-16+/t23-,24+/m1/s1.